The van der Waals surface area contributed by atoms with Crippen LogP contribution in [0.5, 0.6) is 0 Å². The first-order chi connectivity index (χ1) is 6.26. The van der Waals surface area contributed by atoms with Crippen LogP contribution < -0.4 is 0 Å². The number of rotatable bonds is 4. The lowest BCUT2D eigenvalue weighted by molar-refractivity contribution is 0.281. The van der Waals surface area contributed by atoms with E-state index in [1.54, 1.807) is 0 Å². The molecule has 0 aromatic heterocycles. The van der Waals surface area contributed by atoms with Gasteiger partial charge in [0.1, 0.15) is 0 Å². The first-order valence-electron chi connectivity index (χ1n) is 4.52. The van der Waals surface area contributed by atoms with Gasteiger partial charge >= 0.3 is 0 Å². The predicted molar refractivity (Wildman–Crippen MR) is 59.2 cm³/mol. The molecule has 0 aliphatic heterocycles. The molecule has 1 aromatic rings. The first-order valence-corrected chi connectivity index (χ1v) is 5.64. The lowest BCUT2D eigenvalue weighted by Crippen LogP contribution is -1.91. The largest absolute Gasteiger partial charge is 0.392 e. The van der Waals surface area contributed by atoms with E-state index >= 15 is 0 Å². The van der Waals surface area contributed by atoms with E-state index < -0.39 is 0 Å². The first kappa shape index (κ1) is 10.7. The lowest BCUT2D eigenvalue weighted by atomic mass is 10.0. The van der Waals surface area contributed by atoms with Crippen molar-refractivity contribution >= 4 is 15.9 Å². The second kappa shape index (κ2) is 5.40. The van der Waals surface area contributed by atoms with Gasteiger partial charge in [-0.1, -0.05) is 39.7 Å². The summed E-state index contributed by atoms with van der Waals surface area (Å²) in [6, 6.07) is 6.29. The molecule has 0 saturated carbocycles. The average Bonchev–Trinajstić information content (AvgIpc) is 2.14. The molecular weight excluding hydrogens is 228 g/mol. The van der Waals surface area contributed by atoms with Gasteiger partial charge < -0.3 is 5.11 Å². The highest BCUT2D eigenvalue weighted by Crippen LogP contribution is 2.12. The maximum absolute atomic E-state index is 9.00. The van der Waals surface area contributed by atoms with Crippen LogP contribution in [0.25, 0.3) is 0 Å². The van der Waals surface area contributed by atoms with E-state index in [1.807, 2.05) is 6.07 Å². The second-order valence-corrected chi connectivity index (χ2v) is 4.07. The Balaban J connectivity index is 2.76. The molecule has 1 N–H and O–H groups in total. The van der Waals surface area contributed by atoms with Crippen LogP contribution in [0.2, 0.25) is 0 Å². The third-order valence-corrected chi connectivity index (χ3v) is 2.54. The molecular formula is C11H15BrO. The number of benzene rings is 1. The Bertz CT molecular complexity index is 271. The molecule has 0 unspecified atom stereocenters. The fourth-order valence-corrected chi connectivity index (χ4v) is 1.73. The van der Waals surface area contributed by atoms with Crippen LogP contribution >= 0.6 is 15.9 Å². The van der Waals surface area contributed by atoms with Crippen LogP contribution in [-0.4, -0.2) is 10.4 Å². The Morgan fingerprint density at radius 3 is 2.54 bits per heavy atom. The van der Waals surface area contributed by atoms with Crippen molar-refractivity contribution < 1.29 is 5.11 Å². The van der Waals surface area contributed by atoms with Crippen molar-refractivity contribution in [3.05, 3.63) is 34.9 Å². The Morgan fingerprint density at radius 1 is 1.23 bits per heavy atom. The molecule has 0 aliphatic rings. The molecule has 13 heavy (non-hydrogen) atoms. The zero-order valence-corrected chi connectivity index (χ0v) is 9.47. The molecule has 0 aliphatic carbocycles. The minimum atomic E-state index is 0.142. The molecule has 0 fully saturated rings. The van der Waals surface area contributed by atoms with Crippen molar-refractivity contribution in [2.45, 2.75) is 26.4 Å². The van der Waals surface area contributed by atoms with E-state index in [0.717, 1.165) is 23.7 Å². The van der Waals surface area contributed by atoms with E-state index in [0.29, 0.717) is 0 Å². The normalized spacial score (nSPS) is 10.4. The van der Waals surface area contributed by atoms with Crippen LogP contribution in [0.4, 0.5) is 0 Å². The molecule has 0 spiro atoms. The van der Waals surface area contributed by atoms with Crippen molar-refractivity contribution in [2.24, 2.45) is 0 Å². The smallest absolute Gasteiger partial charge is 0.0682 e. The van der Waals surface area contributed by atoms with Gasteiger partial charge in [-0.15, -0.1) is 0 Å². The summed E-state index contributed by atoms with van der Waals surface area (Å²) in [6.45, 7) is 2.21. The minimum absolute atomic E-state index is 0.142. The van der Waals surface area contributed by atoms with E-state index in [4.69, 9.17) is 5.11 Å². The summed E-state index contributed by atoms with van der Waals surface area (Å²) in [7, 11) is 0. The van der Waals surface area contributed by atoms with Crippen LogP contribution in [0.3, 0.4) is 0 Å². The number of aliphatic hydroxyl groups excluding tert-OH is 1. The van der Waals surface area contributed by atoms with Gasteiger partial charge in [-0.3, -0.25) is 0 Å². The third kappa shape index (κ3) is 3.49. The van der Waals surface area contributed by atoms with Crippen molar-refractivity contribution in [2.75, 3.05) is 5.33 Å². The highest BCUT2D eigenvalue weighted by molar-refractivity contribution is 9.09. The third-order valence-electron chi connectivity index (χ3n) is 1.98. The van der Waals surface area contributed by atoms with Crippen LogP contribution in [-0.2, 0) is 13.0 Å². The standard InChI is InChI=1S/C11H15BrO/c1-9-5-10(3-2-4-12)7-11(6-9)8-13/h5-7,13H,2-4,8H2,1H3. The Hall–Kier alpha value is -0.340. The van der Waals surface area contributed by atoms with Crippen molar-refractivity contribution in [3.8, 4) is 0 Å². The number of alkyl halides is 1. The van der Waals surface area contributed by atoms with Crippen LogP contribution in [0, 0.1) is 6.92 Å². The van der Waals surface area contributed by atoms with Crippen molar-refractivity contribution in [1.29, 1.82) is 0 Å². The van der Waals surface area contributed by atoms with Crippen molar-refractivity contribution in [1.82, 2.24) is 0 Å². The fraction of sp³-hybridized carbons (Fsp3) is 0.455. The number of aryl methyl sites for hydroxylation is 2. The molecule has 2 heteroatoms. The molecule has 1 nitrogen and oxygen atoms in total. The highest BCUT2D eigenvalue weighted by atomic mass is 79.9. The molecule has 0 bridgehead atoms. The van der Waals surface area contributed by atoms with E-state index in [2.05, 4.69) is 35.0 Å². The van der Waals surface area contributed by atoms with Gasteiger partial charge in [0.05, 0.1) is 6.61 Å². The maximum atomic E-state index is 9.00. The SMILES string of the molecule is Cc1cc(CO)cc(CCCBr)c1. The Labute approximate surface area is 87.9 Å². The van der Waals surface area contributed by atoms with E-state index in [1.165, 1.54) is 11.1 Å². The van der Waals surface area contributed by atoms with Crippen LogP contribution in [0.1, 0.15) is 23.1 Å². The topological polar surface area (TPSA) is 20.2 Å². The molecule has 72 valence electrons. The van der Waals surface area contributed by atoms with Gasteiger partial charge in [-0.25, -0.2) is 0 Å². The van der Waals surface area contributed by atoms with Gasteiger partial charge in [0.2, 0.25) is 0 Å². The van der Waals surface area contributed by atoms with Crippen molar-refractivity contribution in [3.63, 3.8) is 0 Å². The average molecular weight is 243 g/mol. The Kier molecular flexibility index (Phi) is 4.46. The predicted octanol–water partition coefficient (Wildman–Crippen LogP) is 2.81. The van der Waals surface area contributed by atoms with Gasteiger partial charge in [0.25, 0.3) is 0 Å². The van der Waals surface area contributed by atoms with E-state index in [9.17, 15) is 0 Å². The summed E-state index contributed by atoms with van der Waals surface area (Å²) in [5, 5.41) is 10.0. The quantitative estimate of drug-likeness (QED) is 0.806. The monoisotopic (exact) mass is 242 g/mol. The summed E-state index contributed by atoms with van der Waals surface area (Å²) in [5.74, 6) is 0. The summed E-state index contributed by atoms with van der Waals surface area (Å²) in [5.41, 5.74) is 3.57. The number of hydrogen-bond acceptors (Lipinski definition) is 1. The zero-order valence-electron chi connectivity index (χ0n) is 7.89. The summed E-state index contributed by atoms with van der Waals surface area (Å²) in [4.78, 5) is 0. The number of halogens is 1. The maximum Gasteiger partial charge on any atom is 0.0682 e. The zero-order chi connectivity index (χ0) is 9.68. The Morgan fingerprint density at radius 2 is 1.92 bits per heavy atom. The molecule has 0 atom stereocenters. The van der Waals surface area contributed by atoms with Gasteiger partial charge in [0.15, 0.2) is 0 Å². The molecule has 0 heterocycles. The highest BCUT2D eigenvalue weighted by Gasteiger charge is 1.97. The van der Waals surface area contributed by atoms with Gasteiger partial charge in [-0.05, 0) is 30.9 Å². The minimum Gasteiger partial charge on any atom is -0.392 e. The summed E-state index contributed by atoms with van der Waals surface area (Å²) in [6.07, 6.45) is 2.23. The molecule has 0 radical (unpaired) electrons. The number of hydrogen-bond donors (Lipinski definition) is 1. The second-order valence-electron chi connectivity index (χ2n) is 3.28. The molecule has 1 aromatic carbocycles. The van der Waals surface area contributed by atoms with Gasteiger partial charge in [0, 0.05) is 5.33 Å². The molecule has 1 rings (SSSR count). The van der Waals surface area contributed by atoms with Crippen LogP contribution in [0.15, 0.2) is 18.2 Å². The lowest BCUT2D eigenvalue weighted by Gasteiger charge is -2.04. The number of aliphatic hydroxyl groups is 1. The van der Waals surface area contributed by atoms with Gasteiger partial charge in [-0.2, -0.15) is 0 Å². The fourth-order valence-electron chi connectivity index (χ4n) is 1.45. The van der Waals surface area contributed by atoms with E-state index in [-0.39, 0.29) is 6.61 Å². The molecule has 0 saturated heterocycles. The summed E-state index contributed by atoms with van der Waals surface area (Å²) < 4.78 is 0. The summed E-state index contributed by atoms with van der Waals surface area (Å²) >= 11 is 3.41. The molecule has 0 amide bonds.